The summed E-state index contributed by atoms with van der Waals surface area (Å²) in [4.78, 5) is 0. The minimum Gasteiger partial charge on any atom is -0.386 e. The molecule has 0 heterocycles. The van der Waals surface area contributed by atoms with Crippen LogP contribution in [0.15, 0.2) is 12.2 Å². The summed E-state index contributed by atoms with van der Waals surface area (Å²) in [7, 11) is 0. The van der Waals surface area contributed by atoms with Crippen molar-refractivity contribution in [1.29, 1.82) is 0 Å². The molecule has 0 radical (unpaired) electrons. The summed E-state index contributed by atoms with van der Waals surface area (Å²) in [6.45, 7) is 11.1. The van der Waals surface area contributed by atoms with Crippen LogP contribution in [0, 0.1) is 10.8 Å². The molecule has 1 aliphatic carbocycles. The quantitative estimate of drug-likeness (QED) is 0.700. The molecule has 0 spiro atoms. The molecular formula is C14H26O. The van der Waals surface area contributed by atoms with E-state index < -0.39 is 5.60 Å². The van der Waals surface area contributed by atoms with Crippen molar-refractivity contribution in [3.05, 3.63) is 12.2 Å². The van der Waals surface area contributed by atoms with Crippen molar-refractivity contribution in [1.82, 2.24) is 0 Å². The lowest BCUT2D eigenvalue weighted by Gasteiger charge is -2.39. The van der Waals surface area contributed by atoms with Crippen molar-refractivity contribution in [2.75, 3.05) is 0 Å². The number of hydrogen-bond donors (Lipinski definition) is 1. The van der Waals surface area contributed by atoms with Crippen LogP contribution in [-0.2, 0) is 0 Å². The van der Waals surface area contributed by atoms with E-state index in [0.29, 0.717) is 0 Å². The van der Waals surface area contributed by atoms with Gasteiger partial charge in [0.15, 0.2) is 0 Å². The van der Waals surface area contributed by atoms with Gasteiger partial charge in [-0.3, -0.25) is 0 Å². The molecule has 15 heavy (non-hydrogen) atoms. The monoisotopic (exact) mass is 210 g/mol. The molecule has 0 aliphatic heterocycles. The first-order valence-corrected chi connectivity index (χ1v) is 6.11. The van der Waals surface area contributed by atoms with Gasteiger partial charge in [-0.2, -0.15) is 0 Å². The Morgan fingerprint density at radius 2 is 1.80 bits per heavy atom. The lowest BCUT2D eigenvalue weighted by molar-refractivity contribution is 0.0172. The molecule has 0 saturated carbocycles. The van der Waals surface area contributed by atoms with Gasteiger partial charge in [0, 0.05) is 0 Å². The Bertz CT molecular complexity index is 250. The van der Waals surface area contributed by atoms with E-state index in [1.54, 1.807) is 0 Å². The van der Waals surface area contributed by atoms with Gasteiger partial charge in [0.1, 0.15) is 0 Å². The van der Waals surface area contributed by atoms with Gasteiger partial charge >= 0.3 is 0 Å². The Labute approximate surface area is 94.6 Å². The molecule has 1 N–H and O–H groups in total. The van der Waals surface area contributed by atoms with Crippen molar-refractivity contribution in [2.24, 2.45) is 10.8 Å². The standard InChI is InChI=1S/C14H26O/c1-6-12(2,3)11-14(15)9-7-13(4,5)8-10-14/h7,9,15H,6,8,10-11H2,1-5H3. The van der Waals surface area contributed by atoms with Crippen LogP contribution < -0.4 is 0 Å². The highest BCUT2D eigenvalue weighted by Gasteiger charge is 2.35. The average Bonchev–Trinajstić information content (AvgIpc) is 2.11. The molecule has 0 aromatic rings. The molecule has 1 rings (SSSR count). The molecule has 1 aliphatic rings. The van der Waals surface area contributed by atoms with E-state index in [2.05, 4.69) is 40.7 Å². The maximum Gasteiger partial charge on any atom is 0.0833 e. The summed E-state index contributed by atoms with van der Waals surface area (Å²) in [6, 6.07) is 0. The highest BCUT2D eigenvalue weighted by atomic mass is 16.3. The third kappa shape index (κ3) is 3.64. The van der Waals surface area contributed by atoms with Crippen LogP contribution in [0.5, 0.6) is 0 Å². The second-order valence-corrected chi connectivity index (χ2v) is 6.62. The van der Waals surface area contributed by atoms with Crippen LogP contribution in [0.1, 0.15) is 60.3 Å². The largest absolute Gasteiger partial charge is 0.386 e. The van der Waals surface area contributed by atoms with E-state index in [-0.39, 0.29) is 10.8 Å². The predicted molar refractivity (Wildman–Crippen MR) is 65.8 cm³/mol. The SMILES string of the molecule is CCC(C)(C)CC1(O)C=CC(C)(C)CC1. The molecule has 0 aromatic heterocycles. The molecule has 1 nitrogen and oxygen atoms in total. The second kappa shape index (κ2) is 3.93. The van der Waals surface area contributed by atoms with Gasteiger partial charge in [-0.1, -0.05) is 53.2 Å². The molecule has 88 valence electrons. The Morgan fingerprint density at radius 3 is 2.20 bits per heavy atom. The van der Waals surface area contributed by atoms with Crippen LogP contribution >= 0.6 is 0 Å². The summed E-state index contributed by atoms with van der Waals surface area (Å²) in [5.41, 5.74) is -0.0574. The predicted octanol–water partition coefficient (Wildman–Crippen LogP) is 3.92. The third-order valence-corrected chi connectivity index (χ3v) is 3.79. The van der Waals surface area contributed by atoms with E-state index in [1.165, 1.54) is 0 Å². The number of allylic oxidation sites excluding steroid dienone is 1. The van der Waals surface area contributed by atoms with E-state index in [4.69, 9.17) is 0 Å². The molecule has 1 unspecified atom stereocenters. The molecule has 0 fully saturated rings. The fraction of sp³-hybridized carbons (Fsp3) is 0.857. The Morgan fingerprint density at radius 1 is 1.20 bits per heavy atom. The molecule has 0 saturated heterocycles. The maximum atomic E-state index is 10.5. The van der Waals surface area contributed by atoms with Gasteiger partial charge in [0.2, 0.25) is 0 Å². The molecule has 0 amide bonds. The van der Waals surface area contributed by atoms with Gasteiger partial charge in [-0.25, -0.2) is 0 Å². The summed E-state index contributed by atoms with van der Waals surface area (Å²) in [6.07, 6.45) is 8.20. The Hall–Kier alpha value is -0.300. The van der Waals surface area contributed by atoms with E-state index in [1.807, 2.05) is 6.08 Å². The third-order valence-electron chi connectivity index (χ3n) is 3.79. The highest BCUT2D eigenvalue weighted by molar-refractivity contribution is 5.12. The maximum absolute atomic E-state index is 10.5. The zero-order valence-corrected chi connectivity index (χ0v) is 10.9. The number of hydrogen-bond acceptors (Lipinski definition) is 1. The Balaban J connectivity index is 2.71. The second-order valence-electron chi connectivity index (χ2n) is 6.62. The van der Waals surface area contributed by atoms with Crippen LogP contribution in [0.2, 0.25) is 0 Å². The summed E-state index contributed by atoms with van der Waals surface area (Å²) in [5, 5.41) is 10.5. The van der Waals surface area contributed by atoms with Gasteiger partial charge in [-0.05, 0) is 30.1 Å². The lowest BCUT2D eigenvalue weighted by atomic mass is 9.70. The van der Waals surface area contributed by atoms with Crippen LogP contribution in [0.4, 0.5) is 0 Å². The normalized spacial score (nSPS) is 30.5. The van der Waals surface area contributed by atoms with E-state index >= 15 is 0 Å². The summed E-state index contributed by atoms with van der Waals surface area (Å²) in [5.74, 6) is 0. The van der Waals surface area contributed by atoms with E-state index in [0.717, 1.165) is 25.7 Å². The molecule has 1 heteroatoms. The smallest absolute Gasteiger partial charge is 0.0833 e. The minimum absolute atomic E-state index is 0.237. The van der Waals surface area contributed by atoms with Crippen molar-refractivity contribution in [3.8, 4) is 0 Å². The molecular weight excluding hydrogens is 184 g/mol. The first kappa shape index (κ1) is 12.8. The molecule has 1 atom stereocenters. The van der Waals surface area contributed by atoms with Gasteiger partial charge < -0.3 is 5.11 Å². The lowest BCUT2D eigenvalue weighted by Crippen LogP contribution is -2.36. The van der Waals surface area contributed by atoms with Crippen molar-refractivity contribution < 1.29 is 5.11 Å². The summed E-state index contributed by atoms with van der Waals surface area (Å²) < 4.78 is 0. The zero-order valence-electron chi connectivity index (χ0n) is 10.9. The fourth-order valence-electron chi connectivity index (χ4n) is 2.19. The topological polar surface area (TPSA) is 20.2 Å². The van der Waals surface area contributed by atoms with Crippen LogP contribution in [0.25, 0.3) is 0 Å². The average molecular weight is 210 g/mol. The Kier molecular flexibility index (Phi) is 3.35. The zero-order chi connectivity index (χ0) is 11.7. The first-order chi connectivity index (χ1) is 6.68. The van der Waals surface area contributed by atoms with Crippen molar-refractivity contribution >= 4 is 0 Å². The van der Waals surface area contributed by atoms with Gasteiger partial charge in [0.05, 0.1) is 5.60 Å². The minimum atomic E-state index is -0.560. The van der Waals surface area contributed by atoms with Gasteiger partial charge in [0.25, 0.3) is 0 Å². The molecule has 0 bridgehead atoms. The fourth-order valence-corrected chi connectivity index (χ4v) is 2.19. The van der Waals surface area contributed by atoms with Gasteiger partial charge in [-0.15, -0.1) is 0 Å². The summed E-state index contributed by atoms with van der Waals surface area (Å²) >= 11 is 0. The highest BCUT2D eigenvalue weighted by Crippen LogP contribution is 2.41. The number of rotatable bonds is 3. The number of aliphatic hydroxyl groups is 1. The van der Waals surface area contributed by atoms with E-state index in [9.17, 15) is 5.11 Å². The van der Waals surface area contributed by atoms with Crippen molar-refractivity contribution in [2.45, 2.75) is 65.9 Å². The van der Waals surface area contributed by atoms with Crippen LogP contribution in [-0.4, -0.2) is 10.7 Å². The van der Waals surface area contributed by atoms with Crippen molar-refractivity contribution in [3.63, 3.8) is 0 Å². The molecule has 0 aromatic carbocycles. The van der Waals surface area contributed by atoms with Crippen LogP contribution in [0.3, 0.4) is 0 Å². The first-order valence-electron chi connectivity index (χ1n) is 6.11.